The van der Waals surface area contributed by atoms with Crippen LogP contribution in [0.2, 0.25) is 0 Å². The quantitative estimate of drug-likeness (QED) is 0.838. The van der Waals surface area contributed by atoms with Crippen LogP contribution in [0.5, 0.6) is 0 Å². The lowest BCUT2D eigenvalue weighted by Crippen LogP contribution is -2.22. The lowest BCUT2D eigenvalue weighted by molar-refractivity contribution is 0.485. The van der Waals surface area contributed by atoms with Gasteiger partial charge in [0.25, 0.3) is 0 Å². The van der Waals surface area contributed by atoms with Crippen LogP contribution in [-0.4, -0.2) is 13.1 Å². The molecule has 1 aromatic carbocycles. The Balaban J connectivity index is 0.00000128. The molecule has 1 fully saturated rings. The van der Waals surface area contributed by atoms with E-state index in [1.165, 1.54) is 11.1 Å². The van der Waals surface area contributed by atoms with Crippen LogP contribution in [0.3, 0.4) is 0 Å². The summed E-state index contributed by atoms with van der Waals surface area (Å²) in [6.45, 7) is 1.78. The minimum Gasteiger partial charge on any atom is -0.316 e. The first-order chi connectivity index (χ1) is 7.38. The Hall–Kier alpha value is -0.860. The molecule has 0 aromatic heterocycles. The molecule has 0 bridgehead atoms. The van der Waals surface area contributed by atoms with Gasteiger partial charge >= 0.3 is 0 Å². The zero-order valence-electron chi connectivity index (χ0n) is 9.21. The Morgan fingerprint density at radius 2 is 1.75 bits per heavy atom. The standard InChI is InChI=1S/C13H16FN.ClH/c14-10-13-3-1-11(2-4-13)9-12-5-7-15-8-6-12;/h1-4,9,15H,5-8,10H2;1H. The molecule has 0 unspecified atom stereocenters. The molecule has 1 N–H and O–H groups in total. The first kappa shape index (κ1) is 13.2. The summed E-state index contributed by atoms with van der Waals surface area (Å²) < 4.78 is 12.3. The molecule has 0 saturated carbocycles. The lowest BCUT2D eigenvalue weighted by Gasteiger charge is -2.15. The fraction of sp³-hybridized carbons (Fsp3) is 0.385. The third kappa shape index (κ3) is 3.62. The molecule has 0 amide bonds. The predicted octanol–water partition coefficient (Wildman–Crippen LogP) is 3.34. The number of halogens is 2. The Morgan fingerprint density at radius 1 is 1.12 bits per heavy atom. The molecule has 0 spiro atoms. The molecular formula is C13H17ClFN. The van der Waals surface area contributed by atoms with Crippen molar-refractivity contribution < 1.29 is 4.39 Å². The summed E-state index contributed by atoms with van der Waals surface area (Å²) in [6, 6.07) is 7.69. The third-order valence-electron chi connectivity index (χ3n) is 2.75. The monoisotopic (exact) mass is 241 g/mol. The van der Waals surface area contributed by atoms with Crippen molar-refractivity contribution in [3.05, 3.63) is 41.0 Å². The van der Waals surface area contributed by atoms with Crippen molar-refractivity contribution in [2.24, 2.45) is 0 Å². The van der Waals surface area contributed by atoms with Gasteiger partial charge in [-0.1, -0.05) is 35.9 Å². The van der Waals surface area contributed by atoms with Crippen molar-refractivity contribution in [2.75, 3.05) is 13.1 Å². The highest BCUT2D eigenvalue weighted by molar-refractivity contribution is 5.85. The Labute approximate surface area is 102 Å². The van der Waals surface area contributed by atoms with Crippen molar-refractivity contribution >= 4 is 18.5 Å². The van der Waals surface area contributed by atoms with E-state index in [1.54, 1.807) is 0 Å². The highest BCUT2D eigenvalue weighted by Crippen LogP contribution is 2.16. The summed E-state index contributed by atoms with van der Waals surface area (Å²) >= 11 is 0. The van der Waals surface area contributed by atoms with Gasteiger partial charge in [-0.15, -0.1) is 12.4 Å². The number of nitrogens with one attached hydrogen (secondary N) is 1. The van der Waals surface area contributed by atoms with E-state index < -0.39 is 0 Å². The maximum atomic E-state index is 12.3. The van der Waals surface area contributed by atoms with Crippen LogP contribution in [0, 0.1) is 0 Å². The minimum atomic E-state index is -0.374. The molecule has 1 aromatic rings. The van der Waals surface area contributed by atoms with E-state index in [-0.39, 0.29) is 19.1 Å². The fourth-order valence-electron chi connectivity index (χ4n) is 1.83. The molecule has 1 aliphatic rings. The Morgan fingerprint density at radius 3 is 2.31 bits per heavy atom. The van der Waals surface area contributed by atoms with E-state index in [0.717, 1.165) is 31.5 Å². The first-order valence-electron chi connectivity index (χ1n) is 5.43. The molecule has 88 valence electrons. The molecule has 1 saturated heterocycles. The van der Waals surface area contributed by atoms with Crippen LogP contribution in [0.25, 0.3) is 6.08 Å². The van der Waals surface area contributed by atoms with E-state index in [1.807, 2.05) is 24.3 Å². The van der Waals surface area contributed by atoms with Gasteiger partial charge in [0.2, 0.25) is 0 Å². The highest BCUT2D eigenvalue weighted by Gasteiger charge is 2.03. The zero-order valence-corrected chi connectivity index (χ0v) is 10.0. The molecule has 0 atom stereocenters. The normalized spacial score (nSPS) is 15.4. The molecule has 3 heteroatoms. The van der Waals surface area contributed by atoms with Crippen LogP contribution < -0.4 is 5.32 Å². The predicted molar refractivity (Wildman–Crippen MR) is 68.6 cm³/mol. The molecule has 16 heavy (non-hydrogen) atoms. The van der Waals surface area contributed by atoms with Crippen LogP contribution in [-0.2, 0) is 6.67 Å². The van der Waals surface area contributed by atoms with Gasteiger partial charge in [-0.3, -0.25) is 0 Å². The number of rotatable bonds is 2. The molecular weight excluding hydrogens is 225 g/mol. The van der Waals surface area contributed by atoms with Crippen molar-refractivity contribution in [1.29, 1.82) is 0 Å². The SMILES string of the molecule is Cl.FCc1ccc(C=C2CCNCC2)cc1. The van der Waals surface area contributed by atoms with Gasteiger partial charge in [-0.25, -0.2) is 4.39 Å². The molecule has 1 aliphatic heterocycles. The number of alkyl halides is 1. The maximum absolute atomic E-state index is 12.3. The summed E-state index contributed by atoms with van der Waals surface area (Å²) in [5.41, 5.74) is 3.42. The van der Waals surface area contributed by atoms with Crippen LogP contribution >= 0.6 is 12.4 Å². The van der Waals surface area contributed by atoms with E-state index >= 15 is 0 Å². The Bertz CT molecular complexity index is 337. The lowest BCUT2D eigenvalue weighted by atomic mass is 10.0. The summed E-state index contributed by atoms with van der Waals surface area (Å²) in [5.74, 6) is 0. The molecule has 0 radical (unpaired) electrons. The van der Waals surface area contributed by atoms with Crippen LogP contribution in [0.1, 0.15) is 24.0 Å². The molecule has 1 nitrogen and oxygen atoms in total. The zero-order chi connectivity index (χ0) is 10.5. The van der Waals surface area contributed by atoms with Crippen molar-refractivity contribution in [3.8, 4) is 0 Å². The number of hydrogen-bond donors (Lipinski definition) is 1. The van der Waals surface area contributed by atoms with Gasteiger partial charge in [0.1, 0.15) is 6.67 Å². The Kier molecular flexibility index (Phi) is 5.50. The minimum absolute atomic E-state index is 0. The number of hydrogen-bond acceptors (Lipinski definition) is 1. The largest absolute Gasteiger partial charge is 0.316 e. The van der Waals surface area contributed by atoms with Crippen molar-refractivity contribution in [3.63, 3.8) is 0 Å². The van der Waals surface area contributed by atoms with Gasteiger partial charge in [0, 0.05) is 0 Å². The van der Waals surface area contributed by atoms with E-state index in [9.17, 15) is 4.39 Å². The fourth-order valence-corrected chi connectivity index (χ4v) is 1.83. The van der Waals surface area contributed by atoms with Gasteiger partial charge in [0.05, 0.1) is 0 Å². The third-order valence-corrected chi connectivity index (χ3v) is 2.75. The molecule has 1 heterocycles. The first-order valence-corrected chi connectivity index (χ1v) is 5.43. The van der Waals surface area contributed by atoms with Crippen LogP contribution in [0.15, 0.2) is 29.8 Å². The number of benzene rings is 1. The maximum Gasteiger partial charge on any atom is 0.115 e. The second kappa shape index (κ2) is 6.66. The second-order valence-electron chi connectivity index (χ2n) is 3.93. The van der Waals surface area contributed by atoms with E-state index in [0.29, 0.717) is 0 Å². The van der Waals surface area contributed by atoms with Gasteiger partial charge in [-0.2, -0.15) is 0 Å². The van der Waals surface area contributed by atoms with Gasteiger partial charge in [0.15, 0.2) is 0 Å². The smallest absolute Gasteiger partial charge is 0.115 e. The average molecular weight is 242 g/mol. The summed E-state index contributed by atoms with van der Waals surface area (Å²) in [7, 11) is 0. The molecule has 2 rings (SSSR count). The summed E-state index contributed by atoms with van der Waals surface area (Å²) in [5, 5.41) is 3.33. The number of piperidine rings is 1. The summed E-state index contributed by atoms with van der Waals surface area (Å²) in [6.07, 6.45) is 4.48. The van der Waals surface area contributed by atoms with Crippen LogP contribution in [0.4, 0.5) is 4.39 Å². The molecule has 0 aliphatic carbocycles. The topological polar surface area (TPSA) is 12.0 Å². The highest BCUT2D eigenvalue weighted by atomic mass is 35.5. The van der Waals surface area contributed by atoms with Crippen molar-refractivity contribution in [2.45, 2.75) is 19.5 Å². The van der Waals surface area contributed by atoms with E-state index in [4.69, 9.17) is 0 Å². The second-order valence-corrected chi connectivity index (χ2v) is 3.93. The summed E-state index contributed by atoms with van der Waals surface area (Å²) in [4.78, 5) is 0. The van der Waals surface area contributed by atoms with Gasteiger partial charge < -0.3 is 5.32 Å². The van der Waals surface area contributed by atoms with E-state index in [2.05, 4.69) is 11.4 Å². The average Bonchev–Trinajstić information content (AvgIpc) is 2.31. The van der Waals surface area contributed by atoms with Crippen molar-refractivity contribution in [1.82, 2.24) is 5.32 Å². The van der Waals surface area contributed by atoms with Gasteiger partial charge in [-0.05, 0) is 37.1 Å².